The minimum atomic E-state index is -0.302. The number of nitrogens with two attached hydrogens (primary N) is 1. The van der Waals surface area contributed by atoms with Crippen molar-refractivity contribution in [1.29, 1.82) is 0 Å². The van der Waals surface area contributed by atoms with Gasteiger partial charge < -0.3 is 15.6 Å². The van der Waals surface area contributed by atoms with Gasteiger partial charge in [0, 0.05) is 7.05 Å². The number of nitrogens with one attached hydrogen (secondary N) is 1. The molecule has 0 saturated carbocycles. The lowest BCUT2D eigenvalue weighted by Crippen LogP contribution is -2.13. The molecule has 2 aromatic rings. The second-order valence-corrected chi connectivity index (χ2v) is 4.35. The minimum Gasteiger partial charge on any atom is -0.397 e. The Morgan fingerprint density at radius 2 is 2.17 bits per heavy atom. The Morgan fingerprint density at radius 3 is 2.78 bits per heavy atom. The molecular weight excluding hydrogens is 233 g/mol. The quantitative estimate of drug-likeness (QED) is 0.816. The summed E-state index contributed by atoms with van der Waals surface area (Å²) >= 11 is 0. The fourth-order valence-electron chi connectivity index (χ4n) is 1.80. The van der Waals surface area contributed by atoms with Crippen molar-refractivity contribution in [3.63, 3.8) is 0 Å². The van der Waals surface area contributed by atoms with Crippen molar-refractivity contribution in [3.05, 3.63) is 35.7 Å². The summed E-state index contributed by atoms with van der Waals surface area (Å²) in [4.78, 5) is 0. The SMILES string of the molecule is Cc1cc(NC(C)c2nncn2C)c(N)cc1F. The molecule has 0 aliphatic carbocycles. The zero-order valence-electron chi connectivity index (χ0n) is 10.6. The van der Waals surface area contributed by atoms with Gasteiger partial charge in [-0.05, 0) is 31.5 Å². The highest BCUT2D eigenvalue weighted by atomic mass is 19.1. The number of aromatic nitrogens is 3. The van der Waals surface area contributed by atoms with Crippen LogP contribution in [0.5, 0.6) is 0 Å². The van der Waals surface area contributed by atoms with Crippen LogP contribution in [0.4, 0.5) is 15.8 Å². The van der Waals surface area contributed by atoms with E-state index in [1.165, 1.54) is 6.07 Å². The van der Waals surface area contributed by atoms with E-state index in [1.807, 2.05) is 18.5 Å². The third-order valence-corrected chi connectivity index (χ3v) is 2.84. The standard InChI is InChI=1S/C12H16FN5/c1-7-4-11(10(14)5-9(7)13)16-8(2)12-17-15-6-18(12)3/h4-6,8,16H,14H2,1-3H3. The van der Waals surface area contributed by atoms with Gasteiger partial charge in [-0.2, -0.15) is 0 Å². The van der Waals surface area contributed by atoms with Crippen LogP contribution in [0.3, 0.4) is 0 Å². The molecule has 0 amide bonds. The maximum Gasteiger partial charge on any atom is 0.154 e. The highest BCUT2D eigenvalue weighted by Gasteiger charge is 2.13. The number of nitrogens with zero attached hydrogens (tertiary/aromatic N) is 3. The van der Waals surface area contributed by atoms with E-state index < -0.39 is 0 Å². The Balaban J connectivity index is 2.24. The molecule has 5 nitrogen and oxygen atoms in total. The first-order valence-electron chi connectivity index (χ1n) is 5.65. The van der Waals surface area contributed by atoms with Crippen molar-refractivity contribution in [2.45, 2.75) is 19.9 Å². The van der Waals surface area contributed by atoms with Crippen LogP contribution in [0, 0.1) is 12.7 Å². The van der Waals surface area contributed by atoms with E-state index in [1.54, 1.807) is 19.3 Å². The van der Waals surface area contributed by atoms with Crippen LogP contribution in [0.1, 0.15) is 24.4 Å². The summed E-state index contributed by atoms with van der Waals surface area (Å²) in [7, 11) is 1.87. The largest absolute Gasteiger partial charge is 0.397 e. The Labute approximate surface area is 105 Å². The first-order valence-corrected chi connectivity index (χ1v) is 5.65. The summed E-state index contributed by atoms with van der Waals surface area (Å²) in [6.07, 6.45) is 1.63. The highest BCUT2D eigenvalue weighted by Crippen LogP contribution is 2.26. The van der Waals surface area contributed by atoms with Crippen molar-refractivity contribution < 1.29 is 4.39 Å². The normalized spacial score (nSPS) is 12.4. The van der Waals surface area contributed by atoms with Gasteiger partial charge in [-0.3, -0.25) is 0 Å². The summed E-state index contributed by atoms with van der Waals surface area (Å²) in [5.41, 5.74) is 7.42. The molecule has 1 aromatic carbocycles. The van der Waals surface area contributed by atoms with Crippen LogP contribution >= 0.6 is 0 Å². The van der Waals surface area contributed by atoms with Crippen LogP contribution < -0.4 is 11.1 Å². The molecule has 1 atom stereocenters. The number of halogens is 1. The van der Waals surface area contributed by atoms with Crippen molar-refractivity contribution in [2.75, 3.05) is 11.1 Å². The zero-order valence-corrected chi connectivity index (χ0v) is 10.6. The van der Waals surface area contributed by atoms with E-state index in [0.29, 0.717) is 16.9 Å². The van der Waals surface area contributed by atoms with Gasteiger partial charge in [0.25, 0.3) is 0 Å². The lowest BCUT2D eigenvalue weighted by molar-refractivity contribution is 0.619. The van der Waals surface area contributed by atoms with Gasteiger partial charge in [-0.25, -0.2) is 4.39 Å². The third kappa shape index (κ3) is 2.27. The molecule has 0 radical (unpaired) electrons. The van der Waals surface area contributed by atoms with Crippen LogP contribution in [-0.2, 0) is 7.05 Å². The average molecular weight is 249 g/mol. The molecule has 0 aliphatic heterocycles. The first kappa shape index (κ1) is 12.3. The lowest BCUT2D eigenvalue weighted by Gasteiger charge is -2.16. The summed E-state index contributed by atoms with van der Waals surface area (Å²) < 4.78 is 15.1. The molecule has 18 heavy (non-hydrogen) atoms. The summed E-state index contributed by atoms with van der Waals surface area (Å²) in [5, 5.41) is 11.0. The summed E-state index contributed by atoms with van der Waals surface area (Å²) in [6.45, 7) is 3.65. The van der Waals surface area contributed by atoms with E-state index >= 15 is 0 Å². The predicted octanol–water partition coefficient (Wildman–Crippen LogP) is 2.02. The van der Waals surface area contributed by atoms with Gasteiger partial charge in [0.1, 0.15) is 12.1 Å². The van der Waals surface area contributed by atoms with Crippen LogP contribution in [0.2, 0.25) is 0 Å². The number of nitrogen functional groups attached to an aromatic ring is 1. The predicted molar refractivity (Wildman–Crippen MR) is 68.6 cm³/mol. The fraction of sp³-hybridized carbons (Fsp3) is 0.333. The van der Waals surface area contributed by atoms with Gasteiger partial charge in [0.05, 0.1) is 17.4 Å². The molecule has 0 aliphatic rings. The van der Waals surface area contributed by atoms with E-state index in [9.17, 15) is 4.39 Å². The summed E-state index contributed by atoms with van der Waals surface area (Å²) in [5.74, 6) is 0.487. The van der Waals surface area contributed by atoms with Crippen molar-refractivity contribution in [2.24, 2.45) is 7.05 Å². The second kappa shape index (κ2) is 4.64. The number of benzene rings is 1. The molecule has 0 bridgehead atoms. The first-order chi connectivity index (χ1) is 8.49. The number of hydrogen-bond donors (Lipinski definition) is 2. The van der Waals surface area contributed by atoms with Gasteiger partial charge in [0.2, 0.25) is 0 Å². The zero-order chi connectivity index (χ0) is 13.3. The van der Waals surface area contributed by atoms with Gasteiger partial charge in [-0.1, -0.05) is 0 Å². The van der Waals surface area contributed by atoms with Gasteiger partial charge >= 0.3 is 0 Å². The average Bonchev–Trinajstić information content (AvgIpc) is 2.72. The topological polar surface area (TPSA) is 68.8 Å². The number of rotatable bonds is 3. The molecule has 1 aromatic heterocycles. The smallest absolute Gasteiger partial charge is 0.154 e. The highest BCUT2D eigenvalue weighted by molar-refractivity contribution is 5.67. The second-order valence-electron chi connectivity index (χ2n) is 4.35. The van der Waals surface area contributed by atoms with E-state index in [4.69, 9.17) is 5.73 Å². The number of hydrogen-bond acceptors (Lipinski definition) is 4. The molecule has 2 rings (SSSR count). The Hall–Kier alpha value is -2.11. The molecule has 0 saturated heterocycles. The van der Waals surface area contributed by atoms with Crippen molar-refractivity contribution >= 4 is 11.4 Å². The summed E-state index contributed by atoms with van der Waals surface area (Å²) in [6, 6.07) is 2.95. The van der Waals surface area contributed by atoms with Gasteiger partial charge in [-0.15, -0.1) is 10.2 Å². The van der Waals surface area contributed by atoms with Crippen molar-refractivity contribution in [1.82, 2.24) is 14.8 Å². The van der Waals surface area contributed by atoms with E-state index in [2.05, 4.69) is 15.5 Å². The van der Waals surface area contributed by atoms with Gasteiger partial charge in [0.15, 0.2) is 5.82 Å². The monoisotopic (exact) mass is 249 g/mol. The molecule has 3 N–H and O–H groups in total. The number of anilines is 2. The number of aryl methyl sites for hydroxylation is 2. The minimum absolute atomic E-state index is 0.0651. The molecule has 6 heteroatoms. The Bertz CT molecular complexity index is 564. The maximum absolute atomic E-state index is 13.3. The van der Waals surface area contributed by atoms with Crippen molar-refractivity contribution in [3.8, 4) is 0 Å². The lowest BCUT2D eigenvalue weighted by atomic mass is 10.1. The molecule has 1 heterocycles. The van der Waals surface area contributed by atoms with E-state index in [0.717, 1.165) is 5.82 Å². The van der Waals surface area contributed by atoms with Crippen LogP contribution in [0.25, 0.3) is 0 Å². The molecule has 0 fully saturated rings. The third-order valence-electron chi connectivity index (χ3n) is 2.84. The Kier molecular flexibility index (Phi) is 3.18. The Morgan fingerprint density at radius 1 is 1.44 bits per heavy atom. The molecule has 1 unspecified atom stereocenters. The van der Waals surface area contributed by atoms with Crippen LogP contribution in [-0.4, -0.2) is 14.8 Å². The fourth-order valence-corrected chi connectivity index (χ4v) is 1.80. The maximum atomic E-state index is 13.3. The molecular formula is C12H16FN5. The van der Waals surface area contributed by atoms with E-state index in [-0.39, 0.29) is 11.9 Å². The van der Waals surface area contributed by atoms with Crippen LogP contribution in [0.15, 0.2) is 18.5 Å². The molecule has 96 valence electrons. The molecule has 0 spiro atoms.